The summed E-state index contributed by atoms with van der Waals surface area (Å²) in [6.07, 6.45) is -1.97. The Kier molecular flexibility index (Phi) is 57.5. The molecule has 138 heavy (non-hydrogen) atoms. The van der Waals surface area contributed by atoms with Gasteiger partial charge in [0.1, 0.15) is 66.5 Å². The number of aliphatic hydroxyl groups excluding tert-OH is 1. The topological polar surface area (TPSA) is 912 Å². The highest BCUT2D eigenvalue weighted by atomic mass is 32.2. The van der Waals surface area contributed by atoms with E-state index in [9.17, 15) is 131 Å². The highest BCUT2D eigenvalue weighted by Crippen LogP contribution is 2.22. The van der Waals surface area contributed by atoms with Gasteiger partial charge in [-0.15, -0.1) is 0 Å². The van der Waals surface area contributed by atoms with Crippen molar-refractivity contribution in [3.63, 3.8) is 0 Å². The van der Waals surface area contributed by atoms with Crippen molar-refractivity contribution in [2.75, 3.05) is 103 Å². The Labute approximate surface area is 804 Å². The lowest BCUT2D eigenvalue weighted by molar-refractivity contribution is -0.145. The van der Waals surface area contributed by atoms with E-state index in [4.69, 9.17) is 45.2 Å². The number of carboxylic acid groups (broad SMARTS) is 3. The summed E-state index contributed by atoms with van der Waals surface area (Å²) in [6.45, 7) is -0.646. The fourth-order valence-electron chi connectivity index (χ4n) is 13.6. The number of rotatable bonds is 68. The molecule has 2 fully saturated rings. The molecule has 0 aromatic rings. The SMILES string of the molecule is CSCC[C@H](N)C(=O)N[C@H](C(=O)NCC(=O)NCC(=O)NCC(=O)NCC(=O)N[C@@H](CCCCN)C(=O)N[C@@H](CCCNC(=N)N)C(=O)N[C@@H](CCCNC(=N)N)C(=O)N1CCC[C@H]1C(=O)NCC(=O)NCC(=O)N[C@@H](CCC(=O)O)C(=O)NCC(=O)N1CCC[C@H]1C(=O)N[C@@H](CCC(N)=O)C(=O)N[C@@H](CS)C(=O)N[C@@H](CCC(=O)O)C(=O)N[C@@H](CCCCN)C(=O)N[C@H](C(=O)O)[C@@H](C)O)C(C)C. The zero-order valence-electron chi connectivity index (χ0n) is 77.5. The number of thioether (sulfide) groups is 1. The van der Waals surface area contributed by atoms with Crippen LogP contribution in [0.5, 0.6) is 0 Å². The number of likely N-dealkylation sites (tertiary alicyclic amines) is 2. The van der Waals surface area contributed by atoms with Gasteiger partial charge in [-0.1, -0.05) is 13.8 Å². The van der Waals surface area contributed by atoms with Crippen LogP contribution in [0.1, 0.15) is 156 Å². The summed E-state index contributed by atoms with van der Waals surface area (Å²) in [5.41, 5.74) is 33.6. The van der Waals surface area contributed by atoms with Crippen LogP contribution in [-0.2, 0) is 110 Å². The Hall–Kier alpha value is -13.1. The maximum absolute atomic E-state index is 14.7. The monoisotopic (exact) mass is 2000 g/mol. The summed E-state index contributed by atoms with van der Waals surface area (Å²) in [5, 5.41) is 99.2. The third-order valence-electron chi connectivity index (χ3n) is 21.1. The molecule has 0 saturated carbocycles. The van der Waals surface area contributed by atoms with Crippen molar-refractivity contribution < 1.29 is 131 Å². The van der Waals surface area contributed by atoms with E-state index in [2.05, 4.69) is 114 Å². The van der Waals surface area contributed by atoms with Gasteiger partial charge >= 0.3 is 17.9 Å². The third kappa shape index (κ3) is 48.1. The van der Waals surface area contributed by atoms with Crippen LogP contribution in [0.2, 0.25) is 0 Å². The summed E-state index contributed by atoms with van der Waals surface area (Å²) in [7, 11) is 0. The highest BCUT2D eigenvalue weighted by molar-refractivity contribution is 7.98. The van der Waals surface area contributed by atoms with Crippen molar-refractivity contribution in [2.45, 2.75) is 240 Å². The van der Waals surface area contributed by atoms with Gasteiger partial charge in [0.15, 0.2) is 18.0 Å². The minimum absolute atomic E-state index is 0.00104. The normalized spacial score (nSPS) is 15.7. The van der Waals surface area contributed by atoms with Crippen molar-refractivity contribution in [1.82, 2.24) is 111 Å². The number of nitrogens with zero attached hydrogens (tertiary/aromatic N) is 2. The van der Waals surface area contributed by atoms with Crippen LogP contribution in [0.15, 0.2) is 0 Å². The largest absolute Gasteiger partial charge is 0.481 e. The molecule has 56 nitrogen and oxygen atoms in total. The fourth-order valence-corrected chi connectivity index (χ4v) is 14.4. The molecular weight excluding hydrogens is 1860 g/mol. The predicted octanol–water partition coefficient (Wildman–Crippen LogP) is -13.5. The molecule has 0 radical (unpaired) electrons. The second-order valence-electron chi connectivity index (χ2n) is 32.6. The average molecular weight is 2000 g/mol. The summed E-state index contributed by atoms with van der Waals surface area (Å²) in [4.78, 5) is 307. The standard InChI is InChI=1S/C80H137N29O27S2/c1-41(2)64(106-66(123)43(83)25-32-138-4)76(133)96-36-58(115)92-33-55(112)91-34-56(113)93-37-59(116)98-44(13-5-7-26-81)68(125)101-46(15-9-28-89-79(85)86)69(126)104-50(16-10-29-90-80(87)88)77(134)109-31-12-17-52(109)74(131)95-35-57(114)94-38-60(117)99-47(20-23-62(119)120)67(124)97-39-61(118)108-30-11-18-53(108)75(132)103-48(19-22-54(84)111)71(128)105-51(40-137)73(130)102-49(21-24-63(121)122)70(127)100-45(14-6-8-27-82)72(129)107-65(42(3)110)78(135)136/h41-53,64-65,110,137H,5-40,81-83H2,1-4H3,(H2,84,111)(H,91,112)(H,92,115)(H,93,113)(H,94,114)(H,95,131)(H,96,133)(H,97,124)(H,98,116)(H,99,117)(H,100,127)(H,101,125)(H,102,130)(H,103,132)(H,104,126)(H,105,128)(H,106,123)(H,107,129)(H,119,120)(H,121,122)(H,135,136)(H4,85,86,89)(H4,87,88,90)/t42-,43+,44+,45+,46+,47+,48+,49+,50+,51+,52+,53+,64+,65+/m1/s1. The average Bonchev–Trinajstić information content (AvgIpc) is 1.66. The van der Waals surface area contributed by atoms with Gasteiger partial charge in [0, 0.05) is 51.2 Å². The van der Waals surface area contributed by atoms with Crippen molar-refractivity contribution in [2.24, 2.45) is 40.3 Å². The van der Waals surface area contributed by atoms with Crippen LogP contribution in [0.3, 0.4) is 0 Å². The van der Waals surface area contributed by atoms with Gasteiger partial charge in [-0.25, -0.2) is 4.79 Å². The first-order chi connectivity index (χ1) is 65.2. The summed E-state index contributed by atoms with van der Waals surface area (Å²) >= 11 is 5.64. The lowest BCUT2D eigenvalue weighted by Gasteiger charge is -2.30. The number of aliphatic hydroxyl groups is 1. The van der Waals surface area contributed by atoms with E-state index < -0.39 is 323 Å². The molecule has 37 N–H and O–H groups in total. The van der Waals surface area contributed by atoms with E-state index in [1.807, 2.05) is 6.26 Å². The quantitative estimate of drug-likeness (QED) is 0.0116. The number of primary amides is 1. The summed E-state index contributed by atoms with van der Waals surface area (Å²) in [5.74, 6) is -24.4. The van der Waals surface area contributed by atoms with Crippen molar-refractivity contribution >= 4 is 172 Å². The molecule has 0 spiro atoms. The molecule has 776 valence electrons. The predicted molar refractivity (Wildman–Crippen MR) is 495 cm³/mol. The third-order valence-corrected chi connectivity index (χ3v) is 22.1. The molecule has 0 unspecified atom stereocenters. The van der Waals surface area contributed by atoms with Crippen molar-refractivity contribution in [3.05, 3.63) is 0 Å². The van der Waals surface area contributed by atoms with E-state index in [1.54, 1.807) is 13.8 Å². The molecule has 58 heteroatoms. The lowest BCUT2D eigenvalue weighted by atomic mass is 10.0. The van der Waals surface area contributed by atoms with Gasteiger partial charge in [-0.2, -0.15) is 24.4 Å². The summed E-state index contributed by atoms with van der Waals surface area (Å²) < 4.78 is 0. The number of aliphatic carboxylic acids is 3. The molecule has 0 bridgehead atoms. The first-order valence-corrected chi connectivity index (χ1v) is 46.8. The number of amides is 20. The van der Waals surface area contributed by atoms with Crippen LogP contribution in [0.4, 0.5) is 0 Å². The number of carbonyl (C=O) groups excluding carboxylic acids is 20. The smallest absolute Gasteiger partial charge is 0.328 e. The molecule has 2 aliphatic heterocycles. The lowest BCUT2D eigenvalue weighted by Crippen LogP contribution is -2.60. The minimum Gasteiger partial charge on any atom is -0.481 e. The number of carboxylic acids is 3. The van der Waals surface area contributed by atoms with Crippen LogP contribution in [0, 0.1) is 16.7 Å². The molecule has 2 heterocycles. The second-order valence-corrected chi connectivity index (χ2v) is 33.9. The minimum atomic E-state index is -1.82. The van der Waals surface area contributed by atoms with Crippen molar-refractivity contribution in [3.8, 4) is 0 Å². The Morgan fingerprint density at radius 3 is 1.20 bits per heavy atom. The van der Waals surface area contributed by atoms with Crippen LogP contribution >= 0.6 is 24.4 Å². The van der Waals surface area contributed by atoms with Gasteiger partial charge < -0.3 is 166 Å². The van der Waals surface area contributed by atoms with Gasteiger partial charge in [-0.3, -0.25) is 116 Å². The zero-order valence-corrected chi connectivity index (χ0v) is 79.2. The van der Waals surface area contributed by atoms with Gasteiger partial charge in [0.25, 0.3) is 0 Å². The van der Waals surface area contributed by atoms with Crippen LogP contribution < -0.4 is 135 Å². The molecule has 20 amide bonds. The Morgan fingerprint density at radius 2 is 0.761 bits per heavy atom. The second kappa shape index (κ2) is 65.6. The van der Waals surface area contributed by atoms with Crippen LogP contribution in [-0.4, -0.2) is 366 Å². The number of guanidine groups is 2. The molecule has 2 aliphatic rings. The Morgan fingerprint density at radius 1 is 0.391 bits per heavy atom. The number of carbonyl (C=O) groups is 23. The van der Waals surface area contributed by atoms with E-state index >= 15 is 0 Å². The van der Waals surface area contributed by atoms with E-state index in [0.29, 0.717) is 25.0 Å². The molecular formula is C80H137N29O27S2. The molecule has 0 aromatic heterocycles. The maximum atomic E-state index is 14.7. The van der Waals surface area contributed by atoms with E-state index in [-0.39, 0.29) is 122 Å². The fraction of sp³-hybridized carbons (Fsp3) is 0.688. The highest BCUT2D eigenvalue weighted by Gasteiger charge is 2.42. The first-order valence-electron chi connectivity index (χ1n) is 44.7. The van der Waals surface area contributed by atoms with Gasteiger partial charge in [0.2, 0.25) is 118 Å². The molecule has 2 saturated heterocycles. The number of thiol groups is 1. The van der Waals surface area contributed by atoms with Crippen LogP contribution in [0.25, 0.3) is 0 Å². The number of nitrogens with two attached hydrogens (primary N) is 6. The number of hydrogen-bond donors (Lipinski definition) is 32. The van der Waals surface area contributed by atoms with Crippen molar-refractivity contribution in [1.29, 1.82) is 10.8 Å². The maximum Gasteiger partial charge on any atom is 0.328 e. The number of hydrogen-bond acceptors (Lipinski definition) is 31. The number of nitrogens with one attached hydrogen (secondary N) is 21. The summed E-state index contributed by atoms with van der Waals surface area (Å²) in [6, 6.07) is -19.0. The Balaban J connectivity index is 2.21. The number of unbranched alkanes of at least 4 members (excludes halogenated alkanes) is 2. The van der Waals surface area contributed by atoms with E-state index in [0.717, 1.165) is 16.7 Å². The zero-order chi connectivity index (χ0) is 104. The molecule has 2 rings (SSSR count). The van der Waals surface area contributed by atoms with E-state index in [1.165, 1.54) is 11.8 Å². The molecule has 0 aliphatic carbocycles. The van der Waals surface area contributed by atoms with Gasteiger partial charge in [0.05, 0.1) is 58.0 Å². The molecule has 14 atom stereocenters. The Bertz CT molecular complexity index is 4210. The first kappa shape index (κ1) is 121. The van der Waals surface area contributed by atoms with Gasteiger partial charge in [-0.05, 0) is 154 Å². The molecule has 0 aromatic carbocycles.